The molecular weight excluding hydrogens is 296 g/mol. The molecule has 3 nitrogen and oxygen atoms in total. The first-order chi connectivity index (χ1) is 10.0. The second kappa shape index (κ2) is 8.54. The fraction of sp³-hybridized carbons (Fsp3) is 0.611. The maximum Gasteiger partial charge on any atom is 0.221 e. The van der Waals surface area contributed by atoms with Crippen LogP contribution in [0.15, 0.2) is 30.3 Å². The first-order valence-corrected chi connectivity index (χ1v) is 8.12. The van der Waals surface area contributed by atoms with Crippen LogP contribution in [-0.2, 0) is 10.2 Å². The number of benzene rings is 1. The second-order valence-electron chi connectivity index (χ2n) is 6.61. The minimum absolute atomic E-state index is 0. The second-order valence-corrected chi connectivity index (χ2v) is 6.61. The summed E-state index contributed by atoms with van der Waals surface area (Å²) in [5, 5.41) is 6.64. The molecule has 2 unspecified atom stereocenters. The highest BCUT2D eigenvalue weighted by Gasteiger charge is 2.31. The number of amides is 1. The standard InChI is InChI=1S/C18H28N2O.ClH/c1-4-16(18(2,3)14-9-6-5-7-10-14)20-17(21)13-15-11-8-12-19-15;/h5-7,9-10,15-16,19H,4,8,11-13H2,1-3H3,(H,20,21);1H. The summed E-state index contributed by atoms with van der Waals surface area (Å²) in [6, 6.07) is 11.0. The molecule has 1 aliphatic rings. The number of carbonyl (C=O) groups excluding carboxylic acids is 1. The lowest BCUT2D eigenvalue weighted by Gasteiger charge is -2.35. The van der Waals surface area contributed by atoms with Gasteiger partial charge in [0.1, 0.15) is 0 Å². The van der Waals surface area contributed by atoms with Crippen molar-refractivity contribution < 1.29 is 4.79 Å². The van der Waals surface area contributed by atoms with Crippen molar-refractivity contribution in [2.75, 3.05) is 6.54 Å². The number of carbonyl (C=O) groups is 1. The normalized spacial score (nSPS) is 19.3. The van der Waals surface area contributed by atoms with Crippen LogP contribution in [0, 0.1) is 0 Å². The molecule has 2 rings (SSSR count). The molecule has 4 heteroatoms. The molecular formula is C18H29ClN2O. The van der Waals surface area contributed by atoms with Crippen molar-refractivity contribution in [1.82, 2.24) is 10.6 Å². The van der Waals surface area contributed by atoms with E-state index in [1.807, 2.05) is 6.07 Å². The molecule has 0 aromatic heterocycles. The first-order valence-electron chi connectivity index (χ1n) is 8.12. The Morgan fingerprint density at radius 1 is 1.36 bits per heavy atom. The van der Waals surface area contributed by atoms with E-state index in [1.54, 1.807) is 0 Å². The number of hydrogen-bond acceptors (Lipinski definition) is 2. The molecule has 1 aromatic rings. The van der Waals surface area contributed by atoms with E-state index in [1.165, 1.54) is 12.0 Å². The van der Waals surface area contributed by atoms with E-state index in [2.05, 4.69) is 55.7 Å². The lowest BCUT2D eigenvalue weighted by atomic mass is 9.76. The van der Waals surface area contributed by atoms with Gasteiger partial charge in [-0.15, -0.1) is 12.4 Å². The van der Waals surface area contributed by atoms with Crippen molar-refractivity contribution in [1.29, 1.82) is 0 Å². The van der Waals surface area contributed by atoms with Crippen LogP contribution >= 0.6 is 12.4 Å². The number of hydrogen-bond donors (Lipinski definition) is 2. The van der Waals surface area contributed by atoms with E-state index in [-0.39, 0.29) is 29.8 Å². The Labute approximate surface area is 140 Å². The molecule has 1 heterocycles. The first kappa shape index (κ1) is 19.0. The van der Waals surface area contributed by atoms with Crippen LogP contribution in [0.4, 0.5) is 0 Å². The maximum absolute atomic E-state index is 12.3. The summed E-state index contributed by atoms with van der Waals surface area (Å²) >= 11 is 0. The Hall–Kier alpha value is -1.06. The van der Waals surface area contributed by atoms with Crippen molar-refractivity contribution in [2.24, 2.45) is 0 Å². The van der Waals surface area contributed by atoms with Gasteiger partial charge >= 0.3 is 0 Å². The van der Waals surface area contributed by atoms with Gasteiger partial charge in [-0.05, 0) is 31.4 Å². The summed E-state index contributed by atoms with van der Waals surface area (Å²) in [7, 11) is 0. The lowest BCUT2D eigenvalue weighted by molar-refractivity contribution is -0.122. The van der Waals surface area contributed by atoms with Crippen molar-refractivity contribution in [2.45, 2.75) is 64.0 Å². The van der Waals surface area contributed by atoms with Crippen molar-refractivity contribution in [3.8, 4) is 0 Å². The summed E-state index contributed by atoms with van der Waals surface area (Å²) in [6.07, 6.45) is 3.84. The zero-order valence-electron chi connectivity index (χ0n) is 13.9. The molecule has 2 N–H and O–H groups in total. The summed E-state index contributed by atoms with van der Waals surface area (Å²) < 4.78 is 0. The minimum Gasteiger partial charge on any atom is -0.352 e. The van der Waals surface area contributed by atoms with Gasteiger partial charge in [0.15, 0.2) is 0 Å². The Balaban J connectivity index is 0.00000242. The molecule has 0 spiro atoms. The fourth-order valence-corrected chi connectivity index (χ4v) is 3.27. The van der Waals surface area contributed by atoms with E-state index in [9.17, 15) is 4.79 Å². The van der Waals surface area contributed by atoms with Crippen LogP contribution in [0.2, 0.25) is 0 Å². The highest BCUT2D eigenvalue weighted by molar-refractivity contribution is 5.85. The Kier molecular flexibility index (Phi) is 7.37. The van der Waals surface area contributed by atoms with Gasteiger partial charge in [-0.25, -0.2) is 0 Å². The SMILES string of the molecule is CCC(NC(=O)CC1CCCN1)C(C)(C)c1ccccc1.Cl. The van der Waals surface area contributed by atoms with Gasteiger partial charge in [-0.3, -0.25) is 4.79 Å². The van der Waals surface area contributed by atoms with Crippen molar-refractivity contribution in [3.63, 3.8) is 0 Å². The zero-order valence-corrected chi connectivity index (χ0v) is 14.7. The molecule has 22 heavy (non-hydrogen) atoms. The molecule has 124 valence electrons. The summed E-state index contributed by atoms with van der Waals surface area (Å²) in [5.74, 6) is 0.172. The molecule has 2 atom stereocenters. The average molecular weight is 325 g/mol. The van der Waals surface area contributed by atoms with Crippen LogP contribution in [0.1, 0.15) is 52.0 Å². The number of halogens is 1. The maximum atomic E-state index is 12.3. The van der Waals surface area contributed by atoms with Crippen LogP contribution in [0.25, 0.3) is 0 Å². The lowest BCUT2D eigenvalue weighted by Crippen LogP contribution is -2.48. The van der Waals surface area contributed by atoms with Crippen LogP contribution in [0.3, 0.4) is 0 Å². The van der Waals surface area contributed by atoms with Gasteiger partial charge < -0.3 is 10.6 Å². The number of rotatable bonds is 6. The third-order valence-electron chi connectivity index (χ3n) is 4.73. The van der Waals surface area contributed by atoms with Crippen LogP contribution in [0.5, 0.6) is 0 Å². The topological polar surface area (TPSA) is 41.1 Å². The van der Waals surface area contributed by atoms with Gasteiger partial charge in [0, 0.05) is 23.9 Å². The zero-order chi connectivity index (χ0) is 15.3. The molecule has 1 aliphatic heterocycles. The minimum atomic E-state index is -0.0607. The molecule has 0 aliphatic carbocycles. The average Bonchev–Trinajstić information content (AvgIpc) is 2.98. The number of nitrogens with one attached hydrogen (secondary N) is 2. The molecule has 0 saturated carbocycles. The summed E-state index contributed by atoms with van der Waals surface area (Å²) in [5.41, 5.74) is 1.21. The highest BCUT2D eigenvalue weighted by Crippen LogP contribution is 2.28. The quantitative estimate of drug-likeness (QED) is 0.841. The van der Waals surface area contributed by atoms with E-state index < -0.39 is 0 Å². The Morgan fingerprint density at radius 3 is 2.59 bits per heavy atom. The Morgan fingerprint density at radius 2 is 2.05 bits per heavy atom. The molecule has 0 bridgehead atoms. The van der Waals surface area contributed by atoms with Gasteiger partial charge in [0.25, 0.3) is 0 Å². The van der Waals surface area contributed by atoms with E-state index in [0.717, 1.165) is 19.4 Å². The monoisotopic (exact) mass is 324 g/mol. The van der Waals surface area contributed by atoms with Crippen LogP contribution in [-0.4, -0.2) is 24.5 Å². The fourth-order valence-electron chi connectivity index (χ4n) is 3.27. The molecule has 1 aromatic carbocycles. The smallest absolute Gasteiger partial charge is 0.221 e. The van der Waals surface area contributed by atoms with E-state index in [4.69, 9.17) is 0 Å². The molecule has 1 amide bonds. The predicted molar refractivity (Wildman–Crippen MR) is 94.6 cm³/mol. The summed E-state index contributed by atoms with van der Waals surface area (Å²) in [6.45, 7) is 7.61. The van der Waals surface area contributed by atoms with E-state index in [0.29, 0.717) is 12.5 Å². The third kappa shape index (κ3) is 4.72. The van der Waals surface area contributed by atoms with Gasteiger partial charge in [0.05, 0.1) is 0 Å². The van der Waals surface area contributed by atoms with Gasteiger partial charge in [0.2, 0.25) is 5.91 Å². The molecule has 1 fully saturated rings. The van der Waals surface area contributed by atoms with E-state index >= 15 is 0 Å². The largest absolute Gasteiger partial charge is 0.352 e. The Bertz CT molecular complexity index is 455. The van der Waals surface area contributed by atoms with Gasteiger partial charge in [-0.2, -0.15) is 0 Å². The molecule has 0 radical (unpaired) electrons. The molecule has 1 saturated heterocycles. The summed E-state index contributed by atoms with van der Waals surface area (Å²) in [4.78, 5) is 12.3. The predicted octanol–water partition coefficient (Wildman–Crippen LogP) is 3.42. The third-order valence-corrected chi connectivity index (χ3v) is 4.73. The van der Waals surface area contributed by atoms with Crippen LogP contribution < -0.4 is 10.6 Å². The van der Waals surface area contributed by atoms with Crippen molar-refractivity contribution in [3.05, 3.63) is 35.9 Å². The van der Waals surface area contributed by atoms with Gasteiger partial charge in [-0.1, -0.05) is 51.1 Å². The highest BCUT2D eigenvalue weighted by atomic mass is 35.5. The van der Waals surface area contributed by atoms with Crippen molar-refractivity contribution >= 4 is 18.3 Å².